The van der Waals surface area contributed by atoms with Crippen LogP contribution in [0.5, 0.6) is 0 Å². The number of terminal acetylenes is 1. The molecule has 0 aliphatic rings. The Morgan fingerprint density at radius 3 is 2.67 bits per heavy atom. The predicted octanol–water partition coefficient (Wildman–Crippen LogP) is 2.49. The zero-order chi connectivity index (χ0) is 11.6. The van der Waals surface area contributed by atoms with E-state index >= 15 is 0 Å². The molecule has 1 aromatic rings. The molecule has 0 saturated carbocycles. The van der Waals surface area contributed by atoms with E-state index in [-0.39, 0.29) is 5.91 Å². The third-order valence-corrected chi connectivity index (χ3v) is 2.31. The Morgan fingerprint density at radius 2 is 2.27 bits per heavy atom. The van der Waals surface area contributed by atoms with Crippen molar-refractivity contribution in [1.82, 2.24) is 5.32 Å². The molecule has 1 heterocycles. The summed E-state index contributed by atoms with van der Waals surface area (Å²) in [6.45, 7) is 5.24. The number of hydrogen-bond acceptors (Lipinski definition) is 2. The van der Waals surface area contributed by atoms with Crippen molar-refractivity contribution in [2.75, 3.05) is 0 Å². The second-order valence-electron chi connectivity index (χ2n) is 3.74. The first-order chi connectivity index (χ1) is 6.85. The number of carbonyl (C=O) groups excluding carboxylic acids is 1. The predicted molar refractivity (Wildman–Crippen MR) is 61.5 cm³/mol. The average Bonchev–Trinajstić information content (AvgIpc) is 2.45. The van der Waals surface area contributed by atoms with Crippen molar-refractivity contribution in [1.29, 1.82) is 0 Å². The molecular weight excluding hydrogens is 258 g/mol. The molecule has 1 rings (SSSR count). The van der Waals surface area contributed by atoms with Crippen LogP contribution in [0.3, 0.4) is 0 Å². The fraction of sp³-hybridized carbons (Fsp3) is 0.364. The van der Waals surface area contributed by atoms with Crippen LogP contribution in [0.1, 0.15) is 30.0 Å². The van der Waals surface area contributed by atoms with Crippen molar-refractivity contribution in [2.24, 2.45) is 0 Å². The van der Waals surface area contributed by atoms with Gasteiger partial charge in [-0.2, -0.15) is 0 Å². The Labute approximate surface area is 97.4 Å². The summed E-state index contributed by atoms with van der Waals surface area (Å²) in [7, 11) is 0. The molecule has 0 radical (unpaired) electrons. The third-order valence-electron chi connectivity index (χ3n) is 1.92. The van der Waals surface area contributed by atoms with Gasteiger partial charge in [0.05, 0.1) is 11.1 Å². The van der Waals surface area contributed by atoms with Gasteiger partial charge in [0.2, 0.25) is 0 Å². The molecule has 0 fully saturated rings. The molecule has 1 N–H and O–H groups in total. The third kappa shape index (κ3) is 2.87. The number of furan rings is 1. The van der Waals surface area contributed by atoms with Crippen molar-refractivity contribution in [3.8, 4) is 12.3 Å². The first kappa shape index (κ1) is 11.9. The molecule has 0 saturated heterocycles. The standard InChI is InChI=1S/C11H12BrNO2/c1-5-11(3,4)13-10(14)8-6-9(12)15-7(8)2/h1,6H,2-4H3,(H,13,14). The van der Waals surface area contributed by atoms with Crippen LogP contribution >= 0.6 is 15.9 Å². The van der Waals surface area contributed by atoms with E-state index in [0.717, 1.165) is 0 Å². The minimum Gasteiger partial charge on any atom is -0.454 e. The molecule has 3 nitrogen and oxygen atoms in total. The maximum Gasteiger partial charge on any atom is 0.256 e. The molecule has 4 heteroatoms. The minimum absolute atomic E-state index is 0.232. The highest BCUT2D eigenvalue weighted by Crippen LogP contribution is 2.19. The first-order valence-electron chi connectivity index (χ1n) is 4.42. The van der Waals surface area contributed by atoms with Crippen molar-refractivity contribution < 1.29 is 9.21 Å². The summed E-state index contributed by atoms with van der Waals surface area (Å²) in [5.41, 5.74) is -0.169. The molecule has 1 aromatic heterocycles. The molecular formula is C11H12BrNO2. The largest absolute Gasteiger partial charge is 0.454 e. The number of nitrogens with one attached hydrogen (secondary N) is 1. The van der Waals surface area contributed by atoms with E-state index in [1.165, 1.54) is 0 Å². The Hall–Kier alpha value is -1.21. The van der Waals surface area contributed by atoms with E-state index in [4.69, 9.17) is 10.8 Å². The van der Waals surface area contributed by atoms with E-state index in [2.05, 4.69) is 27.2 Å². The van der Waals surface area contributed by atoms with E-state index < -0.39 is 5.54 Å². The molecule has 80 valence electrons. The highest BCUT2D eigenvalue weighted by Gasteiger charge is 2.21. The summed E-state index contributed by atoms with van der Waals surface area (Å²) in [4.78, 5) is 11.8. The number of amides is 1. The van der Waals surface area contributed by atoms with Gasteiger partial charge in [0.15, 0.2) is 4.67 Å². The van der Waals surface area contributed by atoms with Gasteiger partial charge in [-0.05, 0) is 36.7 Å². The van der Waals surface area contributed by atoms with Gasteiger partial charge in [-0.1, -0.05) is 5.92 Å². The van der Waals surface area contributed by atoms with Gasteiger partial charge in [0.25, 0.3) is 5.91 Å². The summed E-state index contributed by atoms with van der Waals surface area (Å²) in [5.74, 6) is 2.82. The van der Waals surface area contributed by atoms with Gasteiger partial charge in [-0.25, -0.2) is 0 Å². The molecule has 0 bridgehead atoms. The molecule has 0 aliphatic heterocycles. The van der Waals surface area contributed by atoms with Crippen LogP contribution in [0.2, 0.25) is 0 Å². The maximum atomic E-state index is 11.8. The van der Waals surface area contributed by atoms with Gasteiger partial charge in [0, 0.05) is 6.07 Å². The number of carbonyl (C=O) groups is 1. The monoisotopic (exact) mass is 269 g/mol. The van der Waals surface area contributed by atoms with Crippen LogP contribution in [0.4, 0.5) is 0 Å². The lowest BCUT2D eigenvalue weighted by atomic mass is 10.1. The fourth-order valence-corrected chi connectivity index (χ4v) is 1.53. The Balaban J connectivity index is 2.88. The summed E-state index contributed by atoms with van der Waals surface area (Å²) in [5, 5.41) is 2.72. The quantitative estimate of drug-likeness (QED) is 0.839. The molecule has 1 amide bonds. The van der Waals surface area contributed by atoms with Crippen molar-refractivity contribution in [2.45, 2.75) is 26.3 Å². The van der Waals surface area contributed by atoms with E-state index in [0.29, 0.717) is 16.0 Å². The number of aryl methyl sites for hydroxylation is 1. The lowest BCUT2D eigenvalue weighted by molar-refractivity contribution is 0.0928. The van der Waals surface area contributed by atoms with Crippen molar-refractivity contribution >= 4 is 21.8 Å². The number of rotatable bonds is 2. The molecule has 0 aliphatic carbocycles. The van der Waals surface area contributed by atoms with Crippen LogP contribution in [-0.4, -0.2) is 11.4 Å². The molecule has 0 unspecified atom stereocenters. The van der Waals surface area contributed by atoms with E-state index in [1.807, 2.05) is 0 Å². The zero-order valence-corrected chi connectivity index (χ0v) is 10.4. The van der Waals surface area contributed by atoms with Gasteiger partial charge in [0.1, 0.15) is 5.76 Å². The van der Waals surface area contributed by atoms with Gasteiger partial charge in [-0.15, -0.1) is 6.42 Å². The topological polar surface area (TPSA) is 42.2 Å². The molecule has 0 aromatic carbocycles. The Bertz CT molecular complexity index is 426. The summed E-state index contributed by atoms with van der Waals surface area (Å²) >= 11 is 3.16. The van der Waals surface area contributed by atoms with Crippen LogP contribution in [-0.2, 0) is 0 Å². The van der Waals surface area contributed by atoms with Crippen LogP contribution < -0.4 is 5.32 Å². The zero-order valence-electron chi connectivity index (χ0n) is 8.85. The number of hydrogen-bond donors (Lipinski definition) is 1. The normalized spacial score (nSPS) is 10.9. The second kappa shape index (κ2) is 4.11. The summed E-state index contributed by atoms with van der Waals surface area (Å²) in [6, 6.07) is 1.62. The maximum absolute atomic E-state index is 11.8. The van der Waals surface area contributed by atoms with Crippen LogP contribution in [0.15, 0.2) is 15.2 Å². The molecule has 0 atom stereocenters. The minimum atomic E-state index is -0.659. The highest BCUT2D eigenvalue weighted by molar-refractivity contribution is 9.10. The van der Waals surface area contributed by atoms with Crippen molar-refractivity contribution in [3.05, 3.63) is 22.1 Å². The highest BCUT2D eigenvalue weighted by atomic mass is 79.9. The first-order valence-corrected chi connectivity index (χ1v) is 5.21. The van der Waals surface area contributed by atoms with Crippen LogP contribution in [0, 0.1) is 19.3 Å². The number of halogens is 1. The average molecular weight is 270 g/mol. The Kier molecular flexibility index (Phi) is 3.25. The van der Waals surface area contributed by atoms with E-state index in [9.17, 15) is 4.79 Å². The van der Waals surface area contributed by atoms with Gasteiger partial charge < -0.3 is 9.73 Å². The van der Waals surface area contributed by atoms with Gasteiger partial charge >= 0.3 is 0 Å². The Morgan fingerprint density at radius 1 is 1.67 bits per heavy atom. The second-order valence-corrected chi connectivity index (χ2v) is 4.53. The smallest absolute Gasteiger partial charge is 0.256 e. The van der Waals surface area contributed by atoms with Crippen molar-refractivity contribution in [3.63, 3.8) is 0 Å². The lowest BCUT2D eigenvalue weighted by Crippen LogP contribution is -2.42. The van der Waals surface area contributed by atoms with E-state index in [1.54, 1.807) is 26.8 Å². The fourth-order valence-electron chi connectivity index (χ4n) is 1.06. The molecule has 0 spiro atoms. The lowest BCUT2D eigenvalue weighted by Gasteiger charge is -2.18. The SMILES string of the molecule is C#CC(C)(C)NC(=O)c1cc(Br)oc1C. The molecule has 15 heavy (non-hydrogen) atoms. The summed E-state index contributed by atoms with van der Waals surface area (Å²) in [6.07, 6.45) is 5.28. The summed E-state index contributed by atoms with van der Waals surface area (Å²) < 4.78 is 5.72. The van der Waals surface area contributed by atoms with Crippen LogP contribution in [0.25, 0.3) is 0 Å². The van der Waals surface area contributed by atoms with Gasteiger partial charge in [-0.3, -0.25) is 4.79 Å².